The Morgan fingerprint density at radius 2 is 1.80 bits per heavy atom. The molecule has 9 nitrogen and oxygen atoms in total. The normalized spacial score (nSPS) is 15.2. The fraction of sp³-hybridized carbons (Fsp3) is 0.467. The number of carbonyl (C=O) groups is 2. The molecule has 2 rings (SSSR count). The van der Waals surface area contributed by atoms with Crippen LogP contribution in [0.25, 0.3) is 0 Å². The first-order chi connectivity index (χ1) is 11.9. The molecule has 10 heteroatoms. The predicted molar refractivity (Wildman–Crippen MR) is 86.1 cm³/mol. The Hall–Kier alpha value is -2.01. The largest absolute Gasteiger partial charge is 0.452 e. The van der Waals surface area contributed by atoms with Crippen molar-refractivity contribution < 1.29 is 32.3 Å². The number of benzene rings is 1. The number of sulfonamides is 1. The maximum atomic E-state index is 12.1. The van der Waals surface area contributed by atoms with Crippen molar-refractivity contribution in [2.24, 2.45) is 0 Å². The van der Waals surface area contributed by atoms with E-state index in [1.807, 2.05) is 0 Å². The minimum Gasteiger partial charge on any atom is -0.452 e. The van der Waals surface area contributed by atoms with Crippen LogP contribution in [0.3, 0.4) is 0 Å². The Morgan fingerprint density at radius 3 is 2.36 bits per heavy atom. The van der Waals surface area contributed by atoms with Crippen molar-refractivity contribution >= 4 is 21.9 Å². The number of ether oxygens (including phenoxy) is 2. The van der Waals surface area contributed by atoms with Gasteiger partial charge in [-0.25, -0.2) is 13.2 Å². The molecule has 1 aromatic carbocycles. The standard InChI is InChI=1S/C15H20N2O7S/c1-16(22-2)25(20,21)13-5-3-12(4-6-13)15(19)24-11-14(18)17-7-9-23-10-8-17/h3-6H,7-11H2,1-2H3. The van der Waals surface area contributed by atoms with E-state index < -0.39 is 16.0 Å². The lowest BCUT2D eigenvalue weighted by Gasteiger charge is -2.26. The highest BCUT2D eigenvalue weighted by molar-refractivity contribution is 7.89. The molecule has 0 aliphatic carbocycles. The smallest absolute Gasteiger partial charge is 0.338 e. The van der Waals surface area contributed by atoms with Crippen LogP contribution in [0.2, 0.25) is 0 Å². The number of hydroxylamine groups is 1. The summed E-state index contributed by atoms with van der Waals surface area (Å²) in [7, 11) is -1.30. The highest BCUT2D eigenvalue weighted by Crippen LogP contribution is 2.15. The number of amides is 1. The van der Waals surface area contributed by atoms with Crippen molar-refractivity contribution in [1.29, 1.82) is 0 Å². The summed E-state index contributed by atoms with van der Waals surface area (Å²) >= 11 is 0. The third kappa shape index (κ3) is 4.75. The first kappa shape index (κ1) is 19.3. The number of hydrogen-bond acceptors (Lipinski definition) is 7. The SMILES string of the molecule is CON(C)S(=O)(=O)c1ccc(C(=O)OCC(=O)N2CCOCC2)cc1. The second-order valence-corrected chi connectivity index (χ2v) is 7.13. The molecule has 0 aromatic heterocycles. The van der Waals surface area contributed by atoms with Gasteiger partial charge in [0.05, 0.1) is 30.8 Å². The van der Waals surface area contributed by atoms with E-state index in [1.54, 1.807) is 4.90 Å². The molecule has 0 spiro atoms. The number of morpholine rings is 1. The Kier molecular flexibility index (Phi) is 6.48. The molecule has 25 heavy (non-hydrogen) atoms. The van der Waals surface area contributed by atoms with Crippen molar-refractivity contribution in [3.8, 4) is 0 Å². The van der Waals surface area contributed by atoms with Crippen LogP contribution < -0.4 is 0 Å². The Labute approximate surface area is 146 Å². The summed E-state index contributed by atoms with van der Waals surface area (Å²) in [5.41, 5.74) is 0.147. The lowest BCUT2D eigenvalue weighted by atomic mass is 10.2. The van der Waals surface area contributed by atoms with Crippen LogP contribution in [0.15, 0.2) is 29.2 Å². The van der Waals surface area contributed by atoms with Gasteiger partial charge >= 0.3 is 5.97 Å². The van der Waals surface area contributed by atoms with Crippen LogP contribution in [0.5, 0.6) is 0 Å². The first-order valence-electron chi connectivity index (χ1n) is 7.52. The first-order valence-corrected chi connectivity index (χ1v) is 8.96. The van der Waals surface area contributed by atoms with Crippen LogP contribution in [-0.4, -0.2) is 76.7 Å². The lowest BCUT2D eigenvalue weighted by molar-refractivity contribution is -0.138. The zero-order valence-electron chi connectivity index (χ0n) is 14.0. The second kappa shape index (κ2) is 8.39. The molecule has 1 heterocycles. The molecule has 0 bridgehead atoms. The van der Waals surface area contributed by atoms with E-state index in [0.717, 1.165) is 0 Å². The summed E-state index contributed by atoms with van der Waals surface area (Å²) in [6.45, 7) is 1.49. The quantitative estimate of drug-likeness (QED) is 0.507. The van der Waals surface area contributed by atoms with Crippen molar-refractivity contribution in [3.05, 3.63) is 29.8 Å². The van der Waals surface area contributed by atoms with Crippen molar-refractivity contribution in [1.82, 2.24) is 9.37 Å². The van der Waals surface area contributed by atoms with Gasteiger partial charge in [0.15, 0.2) is 6.61 Å². The van der Waals surface area contributed by atoms with Gasteiger partial charge in [0, 0.05) is 20.1 Å². The van der Waals surface area contributed by atoms with Crippen LogP contribution >= 0.6 is 0 Å². The van der Waals surface area contributed by atoms with Crippen LogP contribution in [-0.2, 0) is 29.1 Å². The molecule has 1 aliphatic heterocycles. The molecule has 1 saturated heterocycles. The molecular weight excluding hydrogens is 352 g/mol. The zero-order chi connectivity index (χ0) is 18.4. The average Bonchev–Trinajstić information content (AvgIpc) is 2.65. The minimum absolute atomic E-state index is 0.0298. The second-order valence-electron chi connectivity index (χ2n) is 5.19. The Balaban J connectivity index is 1.95. The Morgan fingerprint density at radius 1 is 1.20 bits per heavy atom. The topological polar surface area (TPSA) is 102 Å². The van der Waals surface area contributed by atoms with Crippen LogP contribution in [0.1, 0.15) is 10.4 Å². The molecule has 1 fully saturated rings. The van der Waals surface area contributed by atoms with Gasteiger partial charge in [0.25, 0.3) is 15.9 Å². The Bertz CT molecular complexity index is 712. The van der Waals surface area contributed by atoms with E-state index >= 15 is 0 Å². The number of esters is 1. The van der Waals surface area contributed by atoms with Gasteiger partial charge in [0.1, 0.15) is 0 Å². The van der Waals surface area contributed by atoms with Crippen LogP contribution in [0, 0.1) is 0 Å². The summed E-state index contributed by atoms with van der Waals surface area (Å²) in [6.07, 6.45) is 0. The van der Waals surface area contributed by atoms with E-state index in [1.165, 1.54) is 38.4 Å². The summed E-state index contributed by atoms with van der Waals surface area (Å²) in [5, 5.41) is 0. The van der Waals surface area contributed by atoms with E-state index in [9.17, 15) is 18.0 Å². The molecular formula is C15H20N2O7S. The number of hydrogen-bond donors (Lipinski definition) is 0. The van der Waals surface area contributed by atoms with E-state index in [4.69, 9.17) is 9.47 Å². The average molecular weight is 372 g/mol. The monoisotopic (exact) mass is 372 g/mol. The molecule has 0 N–H and O–H groups in total. The highest BCUT2D eigenvalue weighted by atomic mass is 32.2. The van der Waals surface area contributed by atoms with Gasteiger partial charge < -0.3 is 14.4 Å². The third-order valence-corrected chi connectivity index (χ3v) is 5.37. The van der Waals surface area contributed by atoms with Gasteiger partial charge in [-0.15, -0.1) is 0 Å². The van der Waals surface area contributed by atoms with Crippen molar-refractivity contribution in [2.45, 2.75) is 4.90 Å². The molecule has 0 saturated carbocycles. The van der Waals surface area contributed by atoms with Gasteiger partial charge in [-0.1, -0.05) is 4.47 Å². The van der Waals surface area contributed by atoms with Crippen molar-refractivity contribution in [3.63, 3.8) is 0 Å². The molecule has 0 unspecified atom stereocenters. The number of rotatable bonds is 6. The maximum Gasteiger partial charge on any atom is 0.338 e. The van der Waals surface area contributed by atoms with E-state index in [2.05, 4.69) is 4.84 Å². The lowest BCUT2D eigenvalue weighted by Crippen LogP contribution is -2.42. The molecule has 1 aromatic rings. The van der Waals surface area contributed by atoms with E-state index in [-0.39, 0.29) is 23.0 Å². The predicted octanol–water partition coefficient (Wildman–Crippen LogP) is -0.116. The van der Waals surface area contributed by atoms with Gasteiger partial charge in [-0.3, -0.25) is 9.63 Å². The van der Waals surface area contributed by atoms with Crippen LogP contribution in [0.4, 0.5) is 0 Å². The van der Waals surface area contributed by atoms with E-state index in [0.29, 0.717) is 30.8 Å². The summed E-state index contributed by atoms with van der Waals surface area (Å²) in [5.74, 6) is -0.997. The fourth-order valence-electron chi connectivity index (χ4n) is 2.12. The minimum atomic E-state index is -3.79. The molecule has 1 aliphatic rings. The highest BCUT2D eigenvalue weighted by Gasteiger charge is 2.22. The summed E-state index contributed by atoms with van der Waals surface area (Å²) in [4.78, 5) is 30.1. The maximum absolute atomic E-state index is 12.1. The third-order valence-electron chi connectivity index (χ3n) is 3.67. The van der Waals surface area contributed by atoms with Gasteiger partial charge in [-0.05, 0) is 24.3 Å². The fourth-order valence-corrected chi connectivity index (χ4v) is 3.10. The number of nitrogens with zero attached hydrogens (tertiary/aromatic N) is 2. The van der Waals surface area contributed by atoms with Gasteiger partial charge in [0.2, 0.25) is 0 Å². The molecule has 0 atom stereocenters. The molecule has 1 amide bonds. The van der Waals surface area contributed by atoms with Crippen molar-refractivity contribution in [2.75, 3.05) is 47.1 Å². The number of carbonyl (C=O) groups excluding carboxylic acids is 2. The van der Waals surface area contributed by atoms with Gasteiger partial charge in [-0.2, -0.15) is 0 Å². The zero-order valence-corrected chi connectivity index (χ0v) is 14.8. The summed E-state index contributed by atoms with van der Waals surface area (Å²) in [6, 6.07) is 5.17. The summed E-state index contributed by atoms with van der Waals surface area (Å²) < 4.78 is 35.0. The molecule has 138 valence electrons. The molecule has 0 radical (unpaired) electrons.